The quantitative estimate of drug-likeness (QED) is 0.767. The van der Waals surface area contributed by atoms with E-state index in [1.807, 2.05) is 18.2 Å². The van der Waals surface area contributed by atoms with Gasteiger partial charge in [0.15, 0.2) is 11.5 Å². The molecule has 31 heavy (non-hydrogen) atoms. The SMILES string of the molecule is COC1CCC2C(C1)Oc1ccc(-c3cc(F)cc(Cl)c3)cc1C21N=C(N)N(C)C1=O. The van der Waals surface area contributed by atoms with Crippen molar-refractivity contribution in [3.63, 3.8) is 0 Å². The third-order valence-corrected chi connectivity index (χ3v) is 6.96. The summed E-state index contributed by atoms with van der Waals surface area (Å²) in [6.07, 6.45) is 2.06. The van der Waals surface area contributed by atoms with Crippen LogP contribution in [0.2, 0.25) is 5.02 Å². The summed E-state index contributed by atoms with van der Waals surface area (Å²) in [5.41, 5.74) is 6.95. The van der Waals surface area contributed by atoms with Gasteiger partial charge in [-0.3, -0.25) is 9.69 Å². The number of rotatable bonds is 2. The van der Waals surface area contributed by atoms with Gasteiger partial charge in [0.2, 0.25) is 0 Å². The van der Waals surface area contributed by atoms with Crippen molar-refractivity contribution in [3.05, 3.63) is 52.8 Å². The molecule has 2 aromatic carbocycles. The summed E-state index contributed by atoms with van der Waals surface area (Å²) in [7, 11) is 3.33. The smallest absolute Gasteiger partial charge is 0.262 e. The van der Waals surface area contributed by atoms with Crippen LogP contribution in [0, 0.1) is 11.7 Å². The minimum atomic E-state index is -1.16. The molecule has 2 heterocycles. The highest BCUT2D eigenvalue weighted by Gasteiger charge is 2.60. The van der Waals surface area contributed by atoms with Crippen molar-refractivity contribution < 1.29 is 18.7 Å². The fourth-order valence-corrected chi connectivity index (χ4v) is 5.41. The predicted octanol–water partition coefficient (Wildman–Crippen LogP) is 3.70. The van der Waals surface area contributed by atoms with E-state index in [0.29, 0.717) is 28.3 Å². The summed E-state index contributed by atoms with van der Waals surface area (Å²) in [5.74, 6) is 0.000729. The predicted molar refractivity (Wildman–Crippen MR) is 115 cm³/mol. The van der Waals surface area contributed by atoms with Gasteiger partial charge >= 0.3 is 0 Å². The molecule has 162 valence electrons. The molecule has 4 unspecified atom stereocenters. The molecule has 6 nitrogen and oxygen atoms in total. The van der Waals surface area contributed by atoms with Crippen LogP contribution in [0.3, 0.4) is 0 Å². The number of hydrogen-bond acceptors (Lipinski definition) is 5. The van der Waals surface area contributed by atoms with Crippen LogP contribution in [-0.2, 0) is 15.1 Å². The van der Waals surface area contributed by atoms with Crippen LogP contribution in [0.1, 0.15) is 24.8 Å². The maximum absolute atomic E-state index is 14.0. The molecule has 5 rings (SSSR count). The van der Waals surface area contributed by atoms with Crippen LogP contribution in [0.4, 0.5) is 4.39 Å². The molecule has 2 N–H and O–H groups in total. The molecule has 0 bridgehead atoms. The van der Waals surface area contributed by atoms with E-state index in [9.17, 15) is 9.18 Å². The number of aliphatic imine (C=N–C) groups is 1. The number of carbonyl (C=O) groups excluding carboxylic acids is 1. The Morgan fingerprint density at radius 2 is 2.06 bits per heavy atom. The molecule has 8 heteroatoms. The summed E-state index contributed by atoms with van der Waals surface area (Å²) in [4.78, 5) is 19.7. The molecule has 1 spiro atoms. The molecular weight excluding hydrogens is 421 g/mol. The number of halogens is 2. The van der Waals surface area contributed by atoms with Crippen LogP contribution < -0.4 is 10.5 Å². The Kier molecular flexibility index (Phi) is 4.71. The van der Waals surface area contributed by atoms with Gasteiger partial charge in [0, 0.05) is 37.1 Å². The minimum absolute atomic E-state index is 0.0733. The molecule has 3 aliphatic rings. The maximum atomic E-state index is 14.0. The molecule has 4 atom stereocenters. The van der Waals surface area contributed by atoms with Crippen LogP contribution in [0.15, 0.2) is 41.4 Å². The van der Waals surface area contributed by atoms with Gasteiger partial charge in [-0.15, -0.1) is 0 Å². The van der Waals surface area contributed by atoms with E-state index in [1.54, 1.807) is 20.2 Å². The monoisotopic (exact) mass is 443 g/mol. The van der Waals surface area contributed by atoms with Crippen LogP contribution in [-0.4, -0.2) is 43.1 Å². The Hall–Kier alpha value is -2.64. The number of guanidine groups is 1. The van der Waals surface area contributed by atoms with Gasteiger partial charge in [-0.05, 0) is 54.3 Å². The average Bonchev–Trinajstić information content (AvgIpc) is 2.97. The van der Waals surface area contributed by atoms with E-state index in [2.05, 4.69) is 0 Å². The Bertz CT molecular complexity index is 1090. The topological polar surface area (TPSA) is 77.2 Å². The second-order valence-electron chi connectivity index (χ2n) is 8.40. The van der Waals surface area contributed by atoms with Gasteiger partial charge in [-0.2, -0.15) is 0 Å². The Morgan fingerprint density at radius 3 is 2.74 bits per heavy atom. The van der Waals surface area contributed by atoms with Crippen molar-refractivity contribution in [1.29, 1.82) is 0 Å². The molecule has 2 aromatic rings. The fraction of sp³-hybridized carbons (Fsp3) is 0.391. The lowest BCUT2D eigenvalue weighted by Crippen LogP contribution is -2.55. The Morgan fingerprint density at radius 1 is 1.26 bits per heavy atom. The molecule has 2 aliphatic heterocycles. The molecule has 0 saturated heterocycles. The van der Waals surface area contributed by atoms with Gasteiger partial charge in [0.1, 0.15) is 17.7 Å². The first-order valence-corrected chi connectivity index (χ1v) is 10.6. The highest BCUT2D eigenvalue weighted by Crippen LogP contribution is 2.54. The highest BCUT2D eigenvalue weighted by atomic mass is 35.5. The lowest BCUT2D eigenvalue weighted by atomic mass is 9.66. The Balaban J connectivity index is 1.69. The highest BCUT2D eigenvalue weighted by molar-refractivity contribution is 6.30. The second kappa shape index (κ2) is 7.21. The number of carbonyl (C=O) groups is 1. The van der Waals surface area contributed by atoms with Crippen molar-refractivity contribution in [2.45, 2.75) is 37.0 Å². The van der Waals surface area contributed by atoms with Gasteiger partial charge in [0.25, 0.3) is 5.91 Å². The zero-order valence-electron chi connectivity index (χ0n) is 17.3. The molecule has 1 saturated carbocycles. The molecule has 0 aromatic heterocycles. The van der Waals surface area contributed by atoms with E-state index in [0.717, 1.165) is 18.4 Å². The first-order valence-electron chi connectivity index (χ1n) is 10.3. The summed E-state index contributed by atoms with van der Waals surface area (Å²) in [6.45, 7) is 0. The van der Waals surface area contributed by atoms with Crippen molar-refractivity contribution in [2.24, 2.45) is 16.6 Å². The second-order valence-corrected chi connectivity index (χ2v) is 8.84. The number of ether oxygens (including phenoxy) is 2. The van der Waals surface area contributed by atoms with E-state index in [1.165, 1.54) is 17.0 Å². The van der Waals surface area contributed by atoms with Crippen molar-refractivity contribution in [3.8, 4) is 16.9 Å². The van der Waals surface area contributed by atoms with Gasteiger partial charge in [-0.1, -0.05) is 17.7 Å². The lowest BCUT2D eigenvalue weighted by molar-refractivity contribution is -0.138. The fourth-order valence-electron chi connectivity index (χ4n) is 5.19. The van der Waals surface area contributed by atoms with Gasteiger partial charge in [-0.25, -0.2) is 9.38 Å². The van der Waals surface area contributed by atoms with Gasteiger partial charge in [0.05, 0.1) is 6.10 Å². The third kappa shape index (κ3) is 3.02. The van der Waals surface area contributed by atoms with E-state index < -0.39 is 11.4 Å². The lowest BCUT2D eigenvalue weighted by Gasteiger charge is -2.47. The summed E-state index contributed by atoms with van der Waals surface area (Å²) < 4.78 is 25.9. The average molecular weight is 444 g/mol. The maximum Gasteiger partial charge on any atom is 0.262 e. The molecule has 1 fully saturated rings. The van der Waals surface area contributed by atoms with Crippen LogP contribution in [0.5, 0.6) is 5.75 Å². The van der Waals surface area contributed by atoms with Crippen molar-refractivity contribution in [2.75, 3.05) is 14.2 Å². The number of hydrogen-bond donors (Lipinski definition) is 1. The number of methoxy groups -OCH3 is 1. The van der Waals surface area contributed by atoms with E-state index >= 15 is 0 Å². The summed E-state index contributed by atoms with van der Waals surface area (Å²) in [6, 6.07) is 9.87. The standard InChI is InChI=1S/C23H23ClFN3O3/c1-28-21(29)23(27-22(28)26)17-5-4-16(30-2)11-20(17)31-19-6-3-12(9-18(19)23)13-7-14(24)10-15(25)8-13/h3,6-10,16-17,20H,4-5,11H2,1-2H3,(H2,26,27). The molecule has 0 radical (unpaired) electrons. The Labute approximate surface area is 184 Å². The number of benzene rings is 2. The number of nitrogens with zero attached hydrogens (tertiary/aromatic N) is 2. The first-order chi connectivity index (χ1) is 14.8. The first kappa shape index (κ1) is 20.3. The molecular formula is C23H23ClFN3O3. The van der Waals surface area contributed by atoms with Crippen LogP contribution >= 0.6 is 11.6 Å². The molecule has 1 aliphatic carbocycles. The van der Waals surface area contributed by atoms with E-state index in [4.69, 9.17) is 31.8 Å². The molecule has 1 amide bonds. The third-order valence-electron chi connectivity index (χ3n) is 6.74. The van der Waals surface area contributed by atoms with Crippen LogP contribution in [0.25, 0.3) is 11.1 Å². The van der Waals surface area contributed by atoms with Gasteiger partial charge < -0.3 is 15.2 Å². The number of fused-ring (bicyclic) bond motifs is 4. The number of likely N-dealkylation sites (N-methyl/N-ethyl adjacent to an activating group) is 1. The van der Waals surface area contributed by atoms with E-state index in [-0.39, 0.29) is 30.0 Å². The van der Waals surface area contributed by atoms with Crippen molar-refractivity contribution >= 4 is 23.5 Å². The van der Waals surface area contributed by atoms with Crippen molar-refractivity contribution in [1.82, 2.24) is 4.90 Å². The number of nitrogens with two attached hydrogens (primary N) is 1. The largest absolute Gasteiger partial charge is 0.490 e. The summed E-state index contributed by atoms with van der Waals surface area (Å²) >= 11 is 6.07. The normalized spacial score (nSPS) is 29.4. The zero-order chi connectivity index (χ0) is 21.9. The minimum Gasteiger partial charge on any atom is -0.490 e. The zero-order valence-corrected chi connectivity index (χ0v) is 18.0. The summed E-state index contributed by atoms with van der Waals surface area (Å²) in [5, 5.41) is 0.301. The number of amides is 1.